The highest BCUT2D eigenvalue weighted by Gasteiger charge is 2.26. The van der Waals surface area contributed by atoms with Crippen LogP contribution < -0.4 is 21.8 Å². The Morgan fingerprint density at radius 3 is 2.80 bits per heavy atom. The number of hydrogen-bond acceptors (Lipinski definition) is 8. The number of methoxy groups -OCH3 is 1. The van der Waals surface area contributed by atoms with E-state index in [1.807, 2.05) is 0 Å². The number of nitrogens with one attached hydrogen (secondary N) is 3. The van der Waals surface area contributed by atoms with Crippen LogP contribution >= 0.6 is 0 Å². The number of ether oxygens (including phenoxy) is 1. The highest BCUT2D eigenvalue weighted by atomic mass is 16.6. The van der Waals surface area contributed by atoms with Crippen LogP contribution in [0.3, 0.4) is 0 Å². The Labute approximate surface area is 169 Å². The first-order chi connectivity index (χ1) is 14.3. The van der Waals surface area contributed by atoms with E-state index in [-0.39, 0.29) is 24.2 Å². The van der Waals surface area contributed by atoms with Crippen LogP contribution in [-0.4, -0.2) is 46.6 Å². The second kappa shape index (κ2) is 8.86. The van der Waals surface area contributed by atoms with Crippen LogP contribution in [0.1, 0.15) is 24.0 Å². The number of esters is 1. The van der Waals surface area contributed by atoms with Crippen LogP contribution in [0.2, 0.25) is 0 Å². The van der Waals surface area contributed by atoms with Crippen molar-refractivity contribution in [3.63, 3.8) is 0 Å². The van der Waals surface area contributed by atoms with Gasteiger partial charge in [0, 0.05) is 36.7 Å². The molecule has 30 heavy (non-hydrogen) atoms. The van der Waals surface area contributed by atoms with Crippen molar-refractivity contribution in [2.75, 3.05) is 20.2 Å². The van der Waals surface area contributed by atoms with Crippen LogP contribution in [0.5, 0.6) is 0 Å². The number of hydrogen-bond donors (Lipinski definition) is 3. The zero-order valence-corrected chi connectivity index (χ0v) is 16.3. The molecule has 12 heteroatoms. The predicted octanol–water partition coefficient (Wildman–Crippen LogP) is -0.687. The van der Waals surface area contributed by atoms with Gasteiger partial charge in [-0.2, -0.15) is 0 Å². The fourth-order valence-electron chi connectivity index (χ4n) is 3.48. The van der Waals surface area contributed by atoms with E-state index in [4.69, 9.17) is 0 Å². The smallest absolute Gasteiger partial charge is 0.317 e. The second-order valence-corrected chi connectivity index (χ2v) is 6.81. The number of rotatable bonds is 7. The number of nitro groups is 1. The number of aromatic nitrogens is 2. The molecule has 0 saturated carbocycles. The summed E-state index contributed by atoms with van der Waals surface area (Å²) in [6.07, 6.45) is 0.869. The fourth-order valence-corrected chi connectivity index (χ4v) is 3.48. The highest BCUT2D eigenvalue weighted by Crippen LogP contribution is 2.31. The number of carbonyl (C=O) groups is 2. The Balaban J connectivity index is 1.97. The highest BCUT2D eigenvalue weighted by molar-refractivity contribution is 5.85. The van der Waals surface area contributed by atoms with Crippen molar-refractivity contribution in [3.05, 3.63) is 48.0 Å². The standard InChI is InChI=1S/C18H21N5O7/c1-30-15(25)3-2-5-20-14(24)9-22-13-7-12(23(28)29)10-4-6-19-8-11(10)16(13)21-17(26)18(22)27/h7,19H,2-6,8-9H2,1H3,(H,20,24)(H,21,26). The van der Waals surface area contributed by atoms with Crippen molar-refractivity contribution in [2.45, 2.75) is 32.4 Å². The number of amides is 1. The van der Waals surface area contributed by atoms with Crippen molar-refractivity contribution in [1.82, 2.24) is 20.2 Å². The molecule has 0 spiro atoms. The molecular weight excluding hydrogens is 398 g/mol. The number of carbonyl (C=O) groups excluding carboxylic acids is 2. The number of fused-ring (bicyclic) bond motifs is 3. The van der Waals surface area contributed by atoms with Gasteiger partial charge in [0.2, 0.25) is 5.91 Å². The third-order valence-electron chi connectivity index (χ3n) is 4.93. The first-order valence-electron chi connectivity index (χ1n) is 9.33. The van der Waals surface area contributed by atoms with Crippen LogP contribution in [0, 0.1) is 10.1 Å². The van der Waals surface area contributed by atoms with E-state index in [0.717, 1.165) is 4.57 Å². The van der Waals surface area contributed by atoms with E-state index < -0.39 is 34.5 Å². The maximum Gasteiger partial charge on any atom is 0.317 e. The minimum absolute atomic E-state index is 0.110. The monoisotopic (exact) mass is 419 g/mol. The summed E-state index contributed by atoms with van der Waals surface area (Å²) in [4.78, 5) is 61.5. The molecule has 3 N–H and O–H groups in total. The lowest BCUT2D eigenvalue weighted by Crippen LogP contribution is -2.41. The molecule has 0 radical (unpaired) electrons. The lowest BCUT2D eigenvalue weighted by Gasteiger charge is -2.20. The summed E-state index contributed by atoms with van der Waals surface area (Å²) in [5.74, 6) is -0.973. The van der Waals surface area contributed by atoms with Crippen molar-refractivity contribution >= 4 is 28.6 Å². The topological polar surface area (TPSA) is 165 Å². The molecule has 0 fully saturated rings. The summed E-state index contributed by atoms with van der Waals surface area (Å²) >= 11 is 0. The van der Waals surface area contributed by atoms with Crippen LogP contribution in [-0.2, 0) is 33.8 Å². The minimum Gasteiger partial charge on any atom is -0.469 e. The number of nitro benzene ring substituents is 1. The van der Waals surface area contributed by atoms with E-state index in [9.17, 15) is 29.3 Å². The SMILES string of the molecule is COC(=O)CCCNC(=O)Cn1c(=O)c(=O)[nH]c2c3c(c([N+](=O)[O-])cc21)CCNC3. The van der Waals surface area contributed by atoms with E-state index in [0.29, 0.717) is 42.6 Å². The number of H-pyrrole nitrogens is 1. The van der Waals surface area contributed by atoms with E-state index in [1.165, 1.54) is 13.2 Å². The minimum atomic E-state index is -0.981. The third kappa shape index (κ3) is 4.22. The molecule has 2 aromatic rings. The molecule has 1 amide bonds. The molecule has 2 heterocycles. The first kappa shape index (κ1) is 21.2. The van der Waals surface area contributed by atoms with Gasteiger partial charge in [0.15, 0.2) is 0 Å². The Kier molecular flexibility index (Phi) is 6.26. The summed E-state index contributed by atoms with van der Waals surface area (Å²) in [5.41, 5.74) is -0.607. The van der Waals surface area contributed by atoms with Gasteiger partial charge in [-0.1, -0.05) is 0 Å². The van der Waals surface area contributed by atoms with Crippen LogP contribution in [0.15, 0.2) is 15.7 Å². The maximum atomic E-state index is 12.4. The largest absolute Gasteiger partial charge is 0.469 e. The van der Waals surface area contributed by atoms with Crippen molar-refractivity contribution in [3.8, 4) is 0 Å². The van der Waals surface area contributed by atoms with Gasteiger partial charge in [-0.25, -0.2) is 0 Å². The molecule has 0 saturated heterocycles. The zero-order valence-electron chi connectivity index (χ0n) is 16.3. The van der Waals surface area contributed by atoms with Gasteiger partial charge in [0.25, 0.3) is 5.69 Å². The Morgan fingerprint density at radius 1 is 1.33 bits per heavy atom. The van der Waals surface area contributed by atoms with Crippen molar-refractivity contribution < 1.29 is 19.2 Å². The quantitative estimate of drug-likeness (QED) is 0.174. The molecule has 160 valence electrons. The van der Waals surface area contributed by atoms with Crippen LogP contribution in [0.4, 0.5) is 5.69 Å². The molecule has 0 aliphatic carbocycles. The Morgan fingerprint density at radius 2 is 2.10 bits per heavy atom. The average Bonchev–Trinajstić information content (AvgIpc) is 2.73. The number of benzene rings is 1. The van der Waals surface area contributed by atoms with Gasteiger partial charge < -0.3 is 20.4 Å². The van der Waals surface area contributed by atoms with Crippen LogP contribution in [0.25, 0.3) is 11.0 Å². The molecular formula is C18H21N5O7. The molecule has 0 atom stereocenters. The molecule has 12 nitrogen and oxygen atoms in total. The number of aromatic amines is 1. The van der Waals surface area contributed by atoms with E-state index >= 15 is 0 Å². The molecule has 1 aliphatic rings. The third-order valence-corrected chi connectivity index (χ3v) is 4.93. The maximum absolute atomic E-state index is 12.4. The van der Waals surface area contributed by atoms with Gasteiger partial charge in [0.1, 0.15) is 6.54 Å². The van der Waals surface area contributed by atoms with Crippen molar-refractivity contribution in [2.24, 2.45) is 0 Å². The molecule has 0 bridgehead atoms. The lowest BCUT2D eigenvalue weighted by atomic mass is 9.97. The fraction of sp³-hybridized carbons (Fsp3) is 0.444. The van der Waals surface area contributed by atoms with Gasteiger partial charge in [-0.05, 0) is 19.4 Å². The van der Waals surface area contributed by atoms with Gasteiger partial charge in [-0.15, -0.1) is 0 Å². The summed E-state index contributed by atoms with van der Waals surface area (Å²) in [6.45, 7) is 0.530. The molecule has 3 rings (SSSR count). The number of nitrogens with zero attached hydrogens (tertiary/aromatic N) is 2. The normalized spacial score (nSPS) is 13.0. The van der Waals surface area contributed by atoms with E-state index in [2.05, 4.69) is 20.4 Å². The lowest BCUT2D eigenvalue weighted by molar-refractivity contribution is -0.385. The zero-order chi connectivity index (χ0) is 21.8. The Hall–Kier alpha value is -3.54. The first-order valence-corrected chi connectivity index (χ1v) is 9.33. The van der Waals surface area contributed by atoms with Gasteiger partial charge >= 0.3 is 17.1 Å². The summed E-state index contributed by atoms with van der Waals surface area (Å²) < 4.78 is 5.45. The molecule has 0 unspecified atom stereocenters. The van der Waals surface area contributed by atoms with Gasteiger partial charge in [-0.3, -0.25) is 33.9 Å². The molecule has 1 aromatic carbocycles. The molecule has 1 aromatic heterocycles. The Bertz CT molecular complexity index is 1130. The summed E-state index contributed by atoms with van der Waals surface area (Å²) in [6, 6.07) is 1.22. The van der Waals surface area contributed by atoms with E-state index in [1.54, 1.807) is 0 Å². The molecule has 1 aliphatic heterocycles. The second-order valence-electron chi connectivity index (χ2n) is 6.81. The summed E-state index contributed by atoms with van der Waals surface area (Å²) in [7, 11) is 1.26. The predicted molar refractivity (Wildman–Crippen MR) is 105 cm³/mol. The van der Waals surface area contributed by atoms with Gasteiger partial charge in [0.05, 0.1) is 23.1 Å². The summed E-state index contributed by atoms with van der Waals surface area (Å²) in [5, 5.41) is 17.2. The average molecular weight is 419 g/mol. The van der Waals surface area contributed by atoms with Crippen molar-refractivity contribution in [1.29, 1.82) is 0 Å².